The van der Waals surface area contributed by atoms with Crippen LogP contribution in [0.15, 0.2) is 24.3 Å². The van der Waals surface area contributed by atoms with Crippen LogP contribution >= 0.6 is 0 Å². The summed E-state index contributed by atoms with van der Waals surface area (Å²) < 4.78 is 0. The Morgan fingerprint density at radius 2 is 1.72 bits per heavy atom. The van der Waals surface area contributed by atoms with E-state index in [1.165, 1.54) is 11.1 Å². The van der Waals surface area contributed by atoms with E-state index in [-0.39, 0.29) is 11.0 Å². The zero-order valence-corrected chi connectivity index (χ0v) is 12.9. The van der Waals surface area contributed by atoms with E-state index in [4.69, 9.17) is 0 Å². The van der Waals surface area contributed by atoms with Gasteiger partial charge in [-0.25, -0.2) is 0 Å². The lowest BCUT2D eigenvalue weighted by Gasteiger charge is -2.29. The summed E-state index contributed by atoms with van der Waals surface area (Å²) in [6.45, 7) is 14.6. The summed E-state index contributed by atoms with van der Waals surface area (Å²) in [5.41, 5.74) is 3.34. The minimum absolute atomic E-state index is 0.210. The van der Waals surface area contributed by atoms with Crippen LogP contribution in [0, 0.1) is 0 Å². The van der Waals surface area contributed by atoms with Gasteiger partial charge in [0, 0.05) is 5.54 Å². The average molecular weight is 247 g/mol. The monoisotopic (exact) mass is 247 g/mol. The summed E-state index contributed by atoms with van der Waals surface area (Å²) in [5.74, 6) is 0. The van der Waals surface area contributed by atoms with E-state index in [9.17, 15) is 0 Å². The lowest BCUT2D eigenvalue weighted by Crippen LogP contribution is -2.38. The van der Waals surface area contributed by atoms with Gasteiger partial charge >= 0.3 is 0 Å². The summed E-state index contributed by atoms with van der Waals surface area (Å²) in [4.78, 5) is 0. The molecule has 0 aliphatic heterocycles. The molecule has 0 fully saturated rings. The van der Waals surface area contributed by atoms with Crippen LogP contribution in [-0.4, -0.2) is 12.1 Å². The lowest BCUT2D eigenvalue weighted by molar-refractivity contribution is 0.379. The van der Waals surface area contributed by atoms with Crippen LogP contribution in [0.4, 0.5) is 0 Å². The lowest BCUT2D eigenvalue weighted by atomic mass is 9.80. The van der Waals surface area contributed by atoms with E-state index in [0.717, 1.165) is 19.4 Å². The molecule has 1 nitrogen and oxygen atoms in total. The molecular weight excluding hydrogens is 218 g/mol. The number of hydrogen-bond acceptors (Lipinski definition) is 1. The molecule has 0 saturated heterocycles. The largest absolute Gasteiger partial charge is 0.312 e. The van der Waals surface area contributed by atoms with Crippen molar-refractivity contribution < 1.29 is 0 Å². The van der Waals surface area contributed by atoms with Gasteiger partial charge in [0.1, 0.15) is 0 Å². The second kappa shape index (κ2) is 5.88. The molecule has 0 aliphatic carbocycles. The third kappa shape index (κ3) is 4.81. The SMILES string of the molecule is CCc1cccc(C(C)(C)CCNC(C)(C)C)c1. The normalized spacial score (nSPS) is 12.8. The van der Waals surface area contributed by atoms with Gasteiger partial charge in [0.15, 0.2) is 0 Å². The summed E-state index contributed by atoms with van der Waals surface area (Å²) in [6.07, 6.45) is 2.28. The predicted octanol–water partition coefficient (Wildman–Crippen LogP) is 4.30. The van der Waals surface area contributed by atoms with Gasteiger partial charge in [0.05, 0.1) is 0 Å². The van der Waals surface area contributed by atoms with Crippen LogP contribution in [0.2, 0.25) is 0 Å². The molecule has 102 valence electrons. The van der Waals surface area contributed by atoms with Crippen molar-refractivity contribution in [2.24, 2.45) is 0 Å². The van der Waals surface area contributed by atoms with E-state index in [0.29, 0.717) is 0 Å². The highest BCUT2D eigenvalue weighted by Gasteiger charge is 2.21. The highest BCUT2D eigenvalue weighted by molar-refractivity contribution is 5.29. The second-order valence-electron chi connectivity index (χ2n) is 6.86. The van der Waals surface area contributed by atoms with E-state index in [1.54, 1.807) is 0 Å². The molecule has 0 bridgehead atoms. The van der Waals surface area contributed by atoms with E-state index in [2.05, 4.69) is 71.1 Å². The van der Waals surface area contributed by atoms with Gasteiger partial charge in [-0.15, -0.1) is 0 Å². The van der Waals surface area contributed by atoms with Crippen molar-refractivity contribution in [2.45, 2.75) is 65.3 Å². The molecule has 0 spiro atoms. The summed E-state index contributed by atoms with van der Waals surface area (Å²) in [7, 11) is 0. The molecule has 0 unspecified atom stereocenters. The minimum atomic E-state index is 0.210. The maximum Gasteiger partial charge on any atom is 0.00965 e. The number of rotatable bonds is 5. The number of nitrogens with one attached hydrogen (secondary N) is 1. The zero-order valence-electron chi connectivity index (χ0n) is 12.9. The van der Waals surface area contributed by atoms with Crippen LogP contribution in [0.3, 0.4) is 0 Å². The van der Waals surface area contributed by atoms with Crippen molar-refractivity contribution in [3.8, 4) is 0 Å². The van der Waals surface area contributed by atoms with Crippen molar-refractivity contribution in [3.63, 3.8) is 0 Å². The van der Waals surface area contributed by atoms with Gasteiger partial charge in [-0.3, -0.25) is 0 Å². The van der Waals surface area contributed by atoms with Crippen LogP contribution in [0.1, 0.15) is 59.1 Å². The highest BCUT2D eigenvalue weighted by atomic mass is 14.9. The number of aryl methyl sites for hydroxylation is 1. The molecule has 1 aromatic carbocycles. The first-order valence-corrected chi connectivity index (χ1v) is 7.09. The van der Waals surface area contributed by atoms with Gasteiger partial charge in [-0.05, 0) is 56.7 Å². The predicted molar refractivity (Wildman–Crippen MR) is 81.2 cm³/mol. The third-order valence-electron chi connectivity index (χ3n) is 3.52. The van der Waals surface area contributed by atoms with Gasteiger partial charge in [0.25, 0.3) is 0 Å². The van der Waals surface area contributed by atoms with Crippen molar-refractivity contribution >= 4 is 0 Å². The standard InChI is InChI=1S/C17H29N/c1-7-14-9-8-10-15(13-14)17(5,6)11-12-18-16(2,3)4/h8-10,13,18H,7,11-12H2,1-6H3. The highest BCUT2D eigenvalue weighted by Crippen LogP contribution is 2.27. The molecular formula is C17H29N. The quantitative estimate of drug-likeness (QED) is 0.818. The van der Waals surface area contributed by atoms with E-state index in [1.807, 2.05) is 0 Å². The van der Waals surface area contributed by atoms with Gasteiger partial charge in [-0.2, -0.15) is 0 Å². The maximum atomic E-state index is 3.58. The fourth-order valence-electron chi connectivity index (χ4n) is 2.11. The van der Waals surface area contributed by atoms with E-state index >= 15 is 0 Å². The first kappa shape index (κ1) is 15.2. The molecule has 1 aromatic rings. The zero-order chi connectivity index (χ0) is 13.8. The smallest absolute Gasteiger partial charge is 0.00965 e. The fraction of sp³-hybridized carbons (Fsp3) is 0.647. The summed E-state index contributed by atoms with van der Waals surface area (Å²) in [6, 6.07) is 9.02. The Kier molecular flexibility index (Phi) is 4.98. The van der Waals surface area contributed by atoms with Crippen molar-refractivity contribution in [1.29, 1.82) is 0 Å². The molecule has 18 heavy (non-hydrogen) atoms. The molecule has 0 aromatic heterocycles. The fourth-order valence-corrected chi connectivity index (χ4v) is 2.11. The Labute approximate surface area is 113 Å². The molecule has 1 heteroatoms. The molecule has 0 radical (unpaired) electrons. The van der Waals surface area contributed by atoms with Crippen molar-refractivity contribution in [1.82, 2.24) is 5.32 Å². The Balaban J connectivity index is 2.67. The number of benzene rings is 1. The molecule has 1 N–H and O–H groups in total. The first-order valence-electron chi connectivity index (χ1n) is 7.09. The molecule has 0 atom stereocenters. The summed E-state index contributed by atoms with van der Waals surface area (Å²) >= 11 is 0. The molecule has 1 rings (SSSR count). The third-order valence-corrected chi connectivity index (χ3v) is 3.52. The maximum absolute atomic E-state index is 3.58. The Hall–Kier alpha value is -0.820. The van der Waals surface area contributed by atoms with Crippen LogP contribution in [-0.2, 0) is 11.8 Å². The molecule has 0 heterocycles. The molecule has 0 amide bonds. The Morgan fingerprint density at radius 3 is 2.28 bits per heavy atom. The van der Waals surface area contributed by atoms with E-state index < -0.39 is 0 Å². The van der Waals surface area contributed by atoms with Crippen LogP contribution in [0.5, 0.6) is 0 Å². The van der Waals surface area contributed by atoms with Gasteiger partial charge < -0.3 is 5.32 Å². The van der Waals surface area contributed by atoms with Gasteiger partial charge in [-0.1, -0.05) is 45.0 Å². The Morgan fingerprint density at radius 1 is 1.06 bits per heavy atom. The van der Waals surface area contributed by atoms with Crippen molar-refractivity contribution in [2.75, 3.05) is 6.54 Å². The van der Waals surface area contributed by atoms with Crippen LogP contribution in [0.25, 0.3) is 0 Å². The average Bonchev–Trinajstić information content (AvgIpc) is 2.27. The van der Waals surface area contributed by atoms with Crippen LogP contribution < -0.4 is 5.32 Å². The Bertz CT molecular complexity index is 371. The van der Waals surface area contributed by atoms with Gasteiger partial charge in [0.2, 0.25) is 0 Å². The van der Waals surface area contributed by atoms with Crippen molar-refractivity contribution in [3.05, 3.63) is 35.4 Å². The number of hydrogen-bond donors (Lipinski definition) is 1. The first-order chi connectivity index (χ1) is 8.24. The molecule has 0 saturated carbocycles. The summed E-state index contributed by atoms with van der Waals surface area (Å²) in [5, 5.41) is 3.58. The molecule has 0 aliphatic rings. The minimum Gasteiger partial charge on any atom is -0.312 e. The second-order valence-corrected chi connectivity index (χ2v) is 6.86. The topological polar surface area (TPSA) is 12.0 Å².